The summed E-state index contributed by atoms with van der Waals surface area (Å²) in [5.74, 6) is -2.53. The Morgan fingerprint density at radius 2 is 1.72 bits per heavy atom. The van der Waals surface area contributed by atoms with Crippen molar-refractivity contribution in [2.75, 3.05) is 5.32 Å². The number of nitrogens with one attached hydrogen (secondary N) is 3. The van der Waals surface area contributed by atoms with E-state index in [2.05, 4.69) is 30.9 Å². The molecule has 2 heterocycles. The minimum Gasteiger partial charge on any atom is -0.354 e. The highest BCUT2D eigenvalue weighted by molar-refractivity contribution is 6.00. The fraction of sp³-hybridized carbons (Fsp3) is 0.261. The maximum Gasteiger partial charge on any atom is 0.418 e. The van der Waals surface area contributed by atoms with Crippen LogP contribution in [0.2, 0.25) is 0 Å². The summed E-state index contributed by atoms with van der Waals surface area (Å²) in [6.07, 6.45) is -0.305. The van der Waals surface area contributed by atoms with Gasteiger partial charge in [0, 0.05) is 18.5 Å². The molecule has 3 aromatic rings. The molecule has 2 amide bonds. The molecule has 1 aliphatic rings. The second-order valence-electron chi connectivity index (χ2n) is 8.20. The molecule has 2 aromatic heterocycles. The molecular formula is C23H19F5N6O2. The lowest BCUT2D eigenvalue weighted by atomic mass is 10.1. The highest BCUT2D eigenvalue weighted by Gasteiger charge is 2.51. The summed E-state index contributed by atoms with van der Waals surface area (Å²) < 4.78 is 67.4. The number of amides is 2. The number of aryl methyl sites for hydroxylation is 1. The molecule has 3 N–H and O–H groups in total. The van der Waals surface area contributed by atoms with Crippen molar-refractivity contribution in [2.45, 2.75) is 38.0 Å². The molecule has 0 unspecified atom stereocenters. The Hall–Kier alpha value is -4.16. The van der Waals surface area contributed by atoms with Crippen LogP contribution in [-0.2, 0) is 17.5 Å². The first-order chi connectivity index (χ1) is 17.0. The van der Waals surface area contributed by atoms with E-state index in [9.17, 15) is 31.5 Å². The Labute approximate surface area is 201 Å². The van der Waals surface area contributed by atoms with E-state index in [0.29, 0.717) is 24.7 Å². The van der Waals surface area contributed by atoms with Gasteiger partial charge >= 0.3 is 6.18 Å². The Morgan fingerprint density at radius 1 is 1.03 bits per heavy atom. The van der Waals surface area contributed by atoms with Crippen molar-refractivity contribution in [2.24, 2.45) is 0 Å². The van der Waals surface area contributed by atoms with Gasteiger partial charge in [-0.2, -0.15) is 13.2 Å². The quantitative estimate of drug-likeness (QED) is 0.421. The lowest BCUT2D eigenvalue weighted by Crippen LogP contribution is -2.49. The number of anilines is 2. The van der Waals surface area contributed by atoms with Gasteiger partial charge in [0.05, 0.1) is 40.9 Å². The summed E-state index contributed by atoms with van der Waals surface area (Å²) in [5, 5.41) is 7.53. The van der Waals surface area contributed by atoms with Gasteiger partial charge in [0.25, 0.3) is 5.91 Å². The maximum atomic E-state index is 14.6. The third kappa shape index (κ3) is 5.56. The van der Waals surface area contributed by atoms with Crippen molar-refractivity contribution in [1.82, 2.24) is 25.6 Å². The number of carbonyl (C=O) groups excluding carboxylic acids is 2. The summed E-state index contributed by atoms with van der Waals surface area (Å²) in [6, 6.07) is 2.96. The maximum absolute atomic E-state index is 14.6. The number of halogens is 5. The van der Waals surface area contributed by atoms with E-state index < -0.39 is 46.4 Å². The Bertz CT molecular complexity index is 1310. The molecule has 0 atom stereocenters. The number of hydrogen-bond acceptors (Lipinski definition) is 6. The number of aromatic nitrogens is 3. The summed E-state index contributed by atoms with van der Waals surface area (Å²) in [7, 11) is 0. The van der Waals surface area contributed by atoms with Crippen LogP contribution in [0.1, 0.15) is 40.3 Å². The monoisotopic (exact) mass is 506 g/mol. The Kier molecular flexibility index (Phi) is 6.57. The molecule has 0 bridgehead atoms. The van der Waals surface area contributed by atoms with E-state index >= 15 is 0 Å². The van der Waals surface area contributed by atoms with Crippen LogP contribution in [0.5, 0.6) is 0 Å². The number of nitrogens with zero attached hydrogens (tertiary/aromatic N) is 3. The molecule has 1 saturated carbocycles. The molecule has 1 aliphatic carbocycles. The zero-order valence-electron chi connectivity index (χ0n) is 18.7. The predicted octanol–water partition coefficient (Wildman–Crippen LogP) is 3.80. The van der Waals surface area contributed by atoms with Gasteiger partial charge in [-0.25, -0.2) is 18.7 Å². The first kappa shape index (κ1) is 24.9. The van der Waals surface area contributed by atoms with Crippen molar-refractivity contribution in [3.8, 4) is 0 Å². The molecule has 4 rings (SSSR count). The smallest absolute Gasteiger partial charge is 0.354 e. The molecule has 36 heavy (non-hydrogen) atoms. The molecule has 13 heteroatoms. The summed E-state index contributed by atoms with van der Waals surface area (Å²) in [5.41, 5.74) is -2.96. The van der Waals surface area contributed by atoms with Crippen molar-refractivity contribution in [1.29, 1.82) is 0 Å². The highest BCUT2D eigenvalue weighted by Crippen LogP contribution is 2.37. The zero-order chi connectivity index (χ0) is 26.1. The number of benzene rings is 1. The van der Waals surface area contributed by atoms with Crippen LogP contribution in [-0.4, -0.2) is 32.3 Å². The van der Waals surface area contributed by atoms with Crippen LogP contribution in [0.15, 0.2) is 42.9 Å². The number of pyridine rings is 1. The molecule has 188 valence electrons. The van der Waals surface area contributed by atoms with Crippen LogP contribution in [0.4, 0.5) is 33.3 Å². The zero-order valence-corrected chi connectivity index (χ0v) is 18.7. The van der Waals surface area contributed by atoms with Gasteiger partial charge in [-0.05, 0) is 38.0 Å². The second-order valence-corrected chi connectivity index (χ2v) is 8.20. The normalized spacial score (nSPS) is 14.2. The van der Waals surface area contributed by atoms with Gasteiger partial charge in [0.2, 0.25) is 5.91 Å². The van der Waals surface area contributed by atoms with E-state index in [1.807, 2.05) is 0 Å². The lowest BCUT2D eigenvalue weighted by molar-refractivity contribution is -0.137. The molecule has 0 radical (unpaired) electrons. The molecule has 0 saturated heterocycles. The lowest BCUT2D eigenvalue weighted by Gasteiger charge is -2.17. The van der Waals surface area contributed by atoms with Gasteiger partial charge in [-0.15, -0.1) is 0 Å². The van der Waals surface area contributed by atoms with Crippen molar-refractivity contribution >= 4 is 23.2 Å². The minimum atomic E-state index is -4.83. The van der Waals surface area contributed by atoms with Crippen LogP contribution in [0, 0.1) is 18.6 Å². The first-order valence-corrected chi connectivity index (χ1v) is 10.6. The third-order valence-corrected chi connectivity index (χ3v) is 5.48. The average molecular weight is 506 g/mol. The van der Waals surface area contributed by atoms with Crippen molar-refractivity contribution in [3.63, 3.8) is 0 Å². The number of rotatable bonds is 7. The summed E-state index contributed by atoms with van der Waals surface area (Å²) >= 11 is 0. The van der Waals surface area contributed by atoms with Gasteiger partial charge in [0.15, 0.2) is 0 Å². The first-order valence-electron chi connectivity index (χ1n) is 10.6. The van der Waals surface area contributed by atoms with Crippen LogP contribution in [0.25, 0.3) is 0 Å². The number of carbonyl (C=O) groups is 2. The predicted molar refractivity (Wildman–Crippen MR) is 117 cm³/mol. The second kappa shape index (κ2) is 9.47. The fourth-order valence-corrected chi connectivity index (χ4v) is 3.35. The van der Waals surface area contributed by atoms with E-state index in [-0.39, 0.29) is 23.5 Å². The van der Waals surface area contributed by atoms with Gasteiger partial charge in [0.1, 0.15) is 23.0 Å². The fourth-order valence-electron chi connectivity index (χ4n) is 3.35. The number of alkyl halides is 3. The Morgan fingerprint density at radius 3 is 2.33 bits per heavy atom. The van der Waals surface area contributed by atoms with Crippen molar-refractivity contribution in [3.05, 3.63) is 77.1 Å². The molecule has 0 spiro atoms. The minimum absolute atomic E-state index is 0.106. The molecule has 1 fully saturated rings. The van der Waals surface area contributed by atoms with Crippen molar-refractivity contribution < 1.29 is 31.5 Å². The topological polar surface area (TPSA) is 109 Å². The molecule has 1 aromatic carbocycles. The SMILES string of the molecule is Cc1ncc(C(=O)NC2(C(=O)NCc3ncc(Nc4ccc(F)cc4C(F)(F)F)cc3F)CC2)cn1. The molecule has 8 nitrogen and oxygen atoms in total. The summed E-state index contributed by atoms with van der Waals surface area (Å²) in [4.78, 5) is 36.8. The van der Waals surface area contributed by atoms with E-state index in [4.69, 9.17) is 0 Å². The summed E-state index contributed by atoms with van der Waals surface area (Å²) in [6.45, 7) is 1.34. The molecule has 0 aliphatic heterocycles. The van der Waals surface area contributed by atoms with E-state index in [1.54, 1.807) is 6.92 Å². The Balaban J connectivity index is 1.39. The highest BCUT2D eigenvalue weighted by atomic mass is 19.4. The van der Waals surface area contributed by atoms with Crippen LogP contribution in [0.3, 0.4) is 0 Å². The van der Waals surface area contributed by atoms with Gasteiger partial charge < -0.3 is 16.0 Å². The molecular weight excluding hydrogens is 487 g/mol. The standard InChI is InChI=1S/C23H19F5N6O2/c1-12-29-8-13(9-30-12)20(35)34-22(4-5-22)21(36)32-11-19-17(25)7-15(10-31-19)33-18-3-2-14(24)6-16(18)23(26,27)28/h2-3,6-10,33H,4-5,11H2,1H3,(H,32,36)(H,34,35). The largest absolute Gasteiger partial charge is 0.418 e. The number of hydrogen-bond donors (Lipinski definition) is 3. The van der Waals surface area contributed by atoms with Gasteiger partial charge in [-0.3, -0.25) is 14.6 Å². The van der Waals surface area contributed by atoms with Crippen LogP contribution < -0.4 is 16.0 Å². The van der Waals surface area contributed by atoms with Crippen LogP contribution >= 0.6 is 0 Å². The van der Waals surface area contributed by atoms with E-state index in [1.165, 1.54) is 12.4 Å². The van der Waals surface area contributed by atoms with E-state index in [0.717, 1.165) is 24.4 Å². The average Bonchev–Trinajstić information content (AvgIpc) is 3.60. The van der Waals surface area contributed by atoms with Gasteiger partial charge in [-0.1, -0.05) is 0 Å². The third-order valence-electron chi connectivity index (χ3n) is 5.48.